The van der Waals surface area contributed by atoms with Crippen molar-refractivity contribution < 1.29 is 19.2 Å². The third-order valence-electron chi connectivity index (χ3n) is 3.47. The minimum Gasteiger partial charge on any atom is -0.445 e. The lowest BCUT2D eigenvalue weighted by Crippen LogP contribution is -2.24. The van der Waals surface area contributed by atoms with E-state index < -0.39 is 16.9 Å². The van der Waals surface area contributed by atoms with Crippen LogP contribution >= 0.6 is 0 Å². The van der Waals surface area contributed by atoms with Crippen LogP contribution in [0.1, 0.15) is 24.5 Å². The summed E-state index contributed by atoms with van der Waals surface area (Å²) < 4.78 is 5.07. The van der Waals surface area contributed by atoms with Gasteiger partial charge in [-0.25, -0.2) is 4.79 Å². The smallest absolute Gasteiger partial charge is 0.407 e. The van der Waals surface area contributed by atoms with Crippen molar-refractivity contribution in [3.8, 4) is 11.8 Å². The number of nitro groups is 1. The van der Waals surface area contributed by atoms with Gasteiger partial charge < -0.3 is 15.4 Å². The molecule has 0 bridgehead atoms. The molecule has 0 aliphatic carbocycles. The SMILES string of the molecule is CC(=O)Nc1ccc(C#CCCNC(=O)OCc2ccccc2)cc1[N+](=O)[O-]. The fourth-order valence-electron chi connectivity index (χ4n) is 2.22. The fraction of sp³-hybridized carbons (Fsp3) is 0.200. The summed E-state index contributed by atoms with van der Waals surface area (Å²) in [6.07, 6.45) is -0.192. The molecule has 8 nitrogen and oxygen atoms in total. The summed E-state index contributed by atoms with van der Waals surface area (Å²) in [5.41, 5.74) is 1.21. The van der Waals surface area contributed by atoms with E-state index in [0.717, 1.165) is 5.56 Å². The normalized spacial score (nSPS) is 9.61. The van der Waals surface area contributed by atoms with Gasteiger partial charge in [-0.2, -0.15) is 0 Å². The van der Waals surface area contributed by atoms with Gasteiger partial charge in [0.15, 0.2) is 0 Å². The van der Waals surface area contributed by atoms with Gasteiger partial charge in [-0.3, -0.25) is 14.9 Å². The van der Waals surface area contributed by atoms with Gasteiger partial charge >= 0.3 is 6.09 Å². The summed E-state index contributed by atoms with van der Waals surface area (Å²) in [5, 5.41) is 16.1. The lowest BCUT2D eigenvalue weighted by atomic mass is 10.1. The van der Waals surface area contributed by atoms with Crippen LogP contribution in [0.2, 0.25) is 0 Å². The van der Waals surface area contributed by atoms with Crippen LogP contribution in [0.5, 0.6) is 0 Å². The van der Waals surface area contributed by atoms with Crippen LogP contribution in [0.15, 0.2) is 48.5 Å². The predicted octanol–water partition coefficient (Wildman–Crippen LogP) is 3.22. The Hall–Kier alpha value is -3.86. The number of amides is 2. The maximum atomic E-state index is 11.6. The molecule has 0 aliphatic rings. The van der Waals surface area contributed by atoms with E-state index in [-0.39, 0.29) is 24.5 Å². The first-order valence-electron chi connectivity index (χ1n) is 8.45. The summed E-state index contributed by atoms with van der Waals surface area (Å²) >= 11 is 0. The number of alkyl carbamates (subject to hydrolysis) is 1. The van der Waals surface area contributed by atoms with E-state index in [0.29, 0.717) is 12.0 Å². The Balaban J connectivity index is 1.82. The molecule has 2 aromatic carbocycles. The first kappa shape index (κ1) is 20.5. The second-order valence-electron chi connectivity index (χ2n) is 5.71. The zero-order valence-corrected chi connectivity index (χ0v) is 15.2. The highest BCUT2D eigenvalue weighted by molar-refractivity contribution is 5.91. The van der Waals surface area contributed by atoms with Crippen LogP contribution in [0.4, 0.5) is 16.2 Å². The number of benzene rings is 2. The van der Waals surface area contributed by atoms with Gasteiger partial charge in [0, 0.05) is 31.5 Å². The summed E-state index contributed by atoms with van der Waals surface area (Å²) in [5.74, 6) is 5.22. The Labute approximate surface area is 162 Å². The third kappa shape index (κ3) is 6.80. The standard InChI is InChI=1S/C20H19N3O5/c1-15(24)22-18-11-10-16(13-19(18)23(26)27)7-5-6-12-21-20(25)28-14-17-8-3-2-4-9-17/h2-4,8-11,13H,6,12,14H2,1H3,(H,21,25)(H,22,24). The maximum Gasteiger partial charge on any atom is 0.407 e. The Morgan fingerprint density at radius 3 is 2.61 bits per heavy atom. The maximum absolute atomic E-state index is 11.6. The first-order valence-corrected chi connectivity index (χ1v) is 8.45. The Kier molecular flexibility index (Phi) is 7.54. The molecule has 0 unspecified atom stereocenters. The molecule has 28 heavy (non-hydrogen) atoms. The molecular weight excluding hydrogens is 362 g/mol. The van der Waals surface area contributed by atoms with Crippen LogP contribution in [0.25, 0.3) is 0 Å². The number of nitrogens with zero attached hydrogens (tertiary/aromatic N) is 1. The topological polar surface area (TPSA) is 111 Å². The van der Waals surface area contributed by atoms with Crippen LogP contribution in [0, 0.1) is 22.0 Å². The van der Waals surface area contributed by atoms with Crippen molar-refractivity contribution in [2.24, 2.45) is 0 Å². The number of nitro benzene ring substituents is 1. The van der Waals surface area contributed by atoms with E-state index in [1.165, 1.54) is 19.1 Å². The average Bonchev–Trinajstić information content (AvgIpc) is 2.67. The van der Waals surface area contributed by atoms with Gasteiger partial charge in [0.1, 0.15) is 12.3 Å². The van der Waals surface area contributed by atoms with Crippen molar-refractivity contribution in [2.75, 3.05) is 11.9 Å². The summed E-state index contributed by atoms with van der Waals surface area (Å²) in [7, 11) is 0. The molecule has 0 radical (unpaired) electrons. The van der Waals surface area contributed by atoms with Crippen LogP contribution in [-0.4, -0.2) is 23.5 Å². The van der Waals surface area contributed by atoms with Crippen LogP contribution in [-0.2, 0) is 16.1 Å². The molecule has 0 aliphatic heterocycles. The molecule has 2 rings (SSSR count). The van der Waals surface area contributed by atoms with E-state index in [4.69, 9.17) is 4.74 Å². The minimum absolute atomic E-state index is 0.117. The molecule has 0 fully saturated rings. The molecule has 0 heterocycles. The number of ether oxygens (including phenoxy) is 1. The molecule has 2 aromatic rings. The number of carbonyl (C=O) groups excluding carboxylic acids is 2. The third-order valence-corrected chi connectivity index (χ3v) is 3.47. The van der Waals surface area contributed by atoms with Crippen molar-refractivity contribution in [3.63, 3.8) is 0 Å². The highest BCUT2D eigenvalue weighted by Crippen LogP contribution is 2.25. The molecule has 2 amide bonds. The van der Waals surface area contributed by atoms with Gasteiger partial charge in [0.05, 0.1) is 4.92 Å². The van der Waals surface area contributed by atoms with E-state index in [1.54, 1.807) is 6.07 Å². The highest BCUT2D eigenvalue weighted by Gasteiger charge is 2.14. The number of nitrogens with one attached hydrogen (secondary N) is 2. The average molecular weight is 381 g/mol. The van der Waals surface area contributed by atoms with Crippen molar-refractivity contribution in [1.29, 1.82) is 0 Å². The largest absolute Gasteiger partial charge is 0.445 e. The Morgan fingerprint density at radius 1 is 1.18 bits per heavy atom. The number of hydrogen-bond donors (Lipinski definition) is 2. The number of carbonyl (C=O) groups is 2. The number of anilines is 1. The molecule has 0 atom stereocenters. The number of hydrogen-bond acceptors (Lipinski definition) is 5. The Morgan fingerprint density at radius 2 is 1.93 bits per heavy atom. The van der Waals surface area contributed by atoms with Gasteiger partial charge in [-0.1, -0.05) is 42.2 Å². The van der Waals surface area contributed by atoms with E-state index >= 15 is 0 Å². The van der Waals surface area contributed by atoms with Gasteiger partial charge in [-0.05, 0) is 17.7 Å². The molecule has 8 heteroatoms. The second kappa shape index (κ2) is 10.3. The van der Waals surface area contributed by atoms with E-state index in [2.05, 4.69) is 22.5 Å². The summed E-state index contributed by atoms with van der Waals surface area (Å²) in [6.45, 7) is 1.74. The van der Waals surface area contributed by atoms with Crippen LogP contribution < -0.4 is 10.6 Å². The van der Waals surface area contributed by atoms with Gasteiger partial charge in [-0.15, -0.1) is 0 Å². The van der Waals surface area contributed by atoms with Gasteiger partial charge in [0.25, 0.3) is 5.69 Å². The zero-order valence-electron chi connectivity index (χ0n) is 15.2. The second-order valence-corrected chi connectivity index (χ2v) is 5.71. The minimum atomic E-state index is -0.583. The fourth-order valence-corrected chi connectivity index (χ4v) is 2.22. The lowest BCUT2D eigenvalue weighted by molar-refractivity contribution is -0.383. The zero-order chi connectivity index (χ0) is 20.4. The summed E-state index contributed by atoms with van der Waals surface area (Å²) in [6, 6.07) is 13.6. The molecule has 0 saturated carbocycles. The summed E-state index contributed by atoms with van der Waals surface area (Å²) in [4.78, 5) is 33.2. The molecule has 0 saturated heterocycles. The van der Waals surface area contributed by atoms with Crippen molar-refractivity contribution >= 4 is 23.4 Å². The monoisotopic (exact) mass is 381 g/mol. The molecule has 0 spiro atoms. The molecule has 144 valence electrons. The molecular formula is C20H19N3O5. The molecule has 0 aromatic heterocycles. The quantitative estimate of drug-likeness (QED) is 0.345. The molecule has 2 N–H and O–H groups in total. The Bertz CT molecular complexity index is 916. The first-order chi connectivity index (χ1) is 13.5. The lowest BCUT2D eigenvalue weighted by Gasteiger charge is -2.05. The van der Waals surface area contributed by atoms with Crippen LogP contribution in [0.3, 0.4) is 0 Å². The predicted molar refractivity (Wildman–Crippen MR) is 104 cm³/mol. The van der Waals surface area contributed by atoms with Crippen molar-refractivity contribution in [2.45, 2.75) is 20.0 Å². The van der Waals surface area contributed by atoms with Crippen molar-refractivity contribution in [3.05, 3.63) is 69.8 Å². The number of rotatable bonds is 6. The van der Waals surface area contributed by atoms with E-state index in [1.807, 2.05) is 30.3 Å². The van der Waals surface area contributed by atoms with Gasteiger partial charge in [0.2, 0.25) is 5.91 Å². The van der Waals surface area contributed by atoms with Crippen molar-refractivity contribution in [1.82, 2.24) is 5.32 Å². The highest BCUT2D eigenvalue weighted by atomic mass is 16.6. The van der Waals surface area contributed by atoms with E-state index in [9.17, 15) is 19.7 Å².